The molecular formula is C13H17ClFN. The van der Waals surface area contributed by atoms with E-state index in [1.54, 1.807) is 19.1 Å². The number of hydrogen-bond donors (Lipinski definition) is 1. The molecule has 0 aliphatic carbocycles. The van der Waals surface area contributed by atoms with Crippen molar-refractivity contribution in [1.82, 2.24) is 5.32 Å². The molecule has 1 heterocycles. The van der Waals surface area contributed by atoms with Crippen LogP contribution in [0.25, 0.3) is 0 Å². The largest absolute Gasteiger partial charge is 0.316 e. The van der Waals surface area contributed by atoms with Crippen molar-refractivity contribution in [2.75, 3.05) is 13.1 Å². The van der Waals surface area contributed by atoms with Gasteiger partial charge in [-0.2, -0.15) is 0 Å². The molecule has 3 heteroatoms. The van der Waals surface area contributed by atoms with Gasteiger partial charge >= 0.3 is 0 Å². The Balaban J connectivity index is 2.26. The van der Waals surface area contributed by atoms with Gasteiger partial charge in [0.25, 0.3) is 0 Å². The highest BCUT2D eigenvalue weighted by Gasteiger charge is 2.37. The van der Waals surface area contributed by atoms with Gasteiger partial charge in [0.2, 0.25) is 0 Å². The third-order valence-corrected chi connectivity index (χ3v) is 3.79. The molecule has 0 saturated carbocycles. The van der Waals surface area contributed by atoms with Crippen LogP contribution in [0, 0.1) is 5.92 Å². The number of alkyl halides is 1. The lowest BCUT2D eigenvalue weighted by Gasteiger charge is -2.34. The Morgan fingerprint density at radius 3 is 2.81 bits per heavy atom. The predicted octanol–water partition coefficient (Wildman–Crippen LogP) is 3.52. The highest BCUT2D eigenvalue weighted by molar-refractivity contribution is 6.31. The van der Waals surface area contributed by atoms with E-state index in [9.17, 15) is 4.39 Å². The third kappa shape index (κ3) is 2.23. The zero-order valence-corrected chi connectivity index (χ0v) is 10.2. The molecular weight excluding hydrogens is 225 g/mol. The summed E-state index contributed by atoms with van der Waals surface area (Å²) in [6.45, 7) is 3.37. The molecule has 1 aromatic carbocycles. The summed E-state index contributed by atoms with van der Waals surface area (Å²) in [6, 6.07) is 7.22. The Bertz CT molecular complexity index is 359. The summed E-state index contributed by atoms with van der Waals surface area (Å²) in [5, 5.41) is 3.77. The Morgan fingerprint density at radius 1 is 1.44 bits per heavy atom. The molecule has 0 aromatic heterocycles. The lowest BCUT2D eigenvalue weighted by molar-refractivity contribution is 0.0813. The fourth-order valence-electron chi connectivity index (χ4n) is 2.39. The van der Waals surface area contributed by atoms with E-state index < -0.39 is 5.67 Å². The summed E-state index contributed by atoms with van der Waals surface area (Å²) < 4.78 is 14.8. The summed E-state index contributed by atoms with van der Waals surface area (Å²) in [4.78, 5) is 0. The number of hydrogen-bond acceptors (Lipinski definition) is 1. The topological polar surface area (TPSA) is 12.0 Å². The van der Waals surface area contributed by atoms with Crippen LogP contribution in [0.3, 0.4) is 0 Å². The SMILES string of the molecule is CC(F)(c1ccccc1Cl)C1CCCNC1. The first kappa shape index (κ1) is 11.9. The Labute approximate surface area is 101 Å². The van der Waals surface area contributed by atoms with Gasteiger partial charge < -0.3 is 5.32 Å². The fourth-order valence-corrected chi connectivity index (χ4v) is 2.71. The van der Waals surface area contributed by atoms with Crippen LogP contribution in [0.4, 0.5) is 4.39 Å². The van der Waals surface area contributed by atoms with E-state index in [0.717, 1.165) is 25.9 Å². The van der Waals surface area contributed by atoms with E-state index in [1.165, 1.54) is 0 Å². The molecule has 16 heavy (non-hydrogen) atoms. The van der Waals surface area contributed by atoms with Gasteiger partial charge in [0.15, 0.2) is 0 Å². The van der Waals surface area contributed by atoms with Gasteiger partial charge in [-0.1, -0.05) is 29.8 Å². The Kier molecular flexibility index (Phi) is 3.50. The quantitative estimate of drug-likeness (QED) is 0.836. The molecule has 0 amide bonds. The van der Waals surface area contributed by atoms with Crippen LogP contribution in [0.5, 0.6) is 0 Å². The second kappa shape index (κ2) is 4.72. The first-order chi connectivity index (χ1) is 7.62. The molecule has 2 unspecified atom stereocenters. The van der Waals surface area contributed by atoms with Crippen molar-refractivity contribution < 1.29 is 4.39 Å². The highest BCUT2D eigenvalue weighted by Crippen LogP contribution is 2.40. The standard InChI is InChI=1S/C13H17ClFN/c1-13(15,10-5-4-8-16-9-10)11-6-2-3-7-12(11)14/h2-3,6-7,10,16H,4-5,8-9H2,1H3. The van der Waals surface area contributed by atoms with Crippen molar-refractivity contribution in [3.8, 4) is 0 Å². The van der Waals surface area contributed by atoms with E-state index in [0.29, 0.717) is 10.6 Å². The first-order valence-corrected chi connectivity index (χ1v) is 6.15. The molecule has 1 saturated heterocycles. The maximum Gasteiger partial charge on any atom is 0.138 e. The number of halogens is 2. The van der Waals surface area contributed by atoms with Crippen LogP contribution >= 0.6 is 11.6 Å². The molecule has 1 aromatic rings. The molecule has 88 valence electrons. The van der Waals surface area contributed by atoms with Crippen molar-refractivity contribution in [1.29, 1.82) is 0 Å². The minimum absolute atomic E-state index is 0.0150. The highest BCUT2D eigenvalue weighted by atomic mass is 35.5. The maximum atomic E-state index is 14.8. The van der Waals surface area contributed by atoms with Crippen molar-refractivity contribution in [2.45, 2.75) is 25.4 Å². The van der Waals surface area contributed by atoms with Gasteiger partial charge in [-0.3, -0.25) is 0 Å². The molecule has 2 atom stereocenters. The van der Waals surface area contributed by atoms with Crippen LogP contribution in [0.2, 0.25) is 5.02 Å². The first-order valence-electron chi connectivity index (χ1n) is 5.77. The van der Waals surface area contributed by atoms with Gasteiger partial charge in [0, 0.05) is 23.0 Å². The number of nitrogens with one attached hydrogen (secondary N) is 1. The minimum atomic E-state index is -1.34. The second-order valence-electron chi connectivity index (χ2n) is 4.60. The van der Waals surface area contributed by atoms with Gasteiger partial charge in [-0.05, 0) is 32.4 Å². The second-order valence-corrected chi connectivity index (χ2v) is 5.01. The summed E-state index contributed by atoms with van der Waals surface area (Å²) in [5.74, 6) is 0.0150. The minimum Gasteiger partial charge on any atom is -0.316 e. The summed E-state index contributed by atoms with van der Waals surface area (Å²) in [5.41, 5.74) is -0.725. The smallest absolute Gasteiger partial charge is 0.138 e. The molecule has 0 radical (unpaired) electrons. The summed E-state index contributed by atoms with van der Waals surface area (Å²) in [6.07, 6.45) is 1.96. The van der Waals surface area contributed by atoms with Gasteiger partial charge in [-0.25, -0.2) is 4.39 Å². The van der Waals surface area contributed by atoms with E-state index in [-0.39, 0.29) is 5.92 Å². The lowest BCUT2D eigenvalue weighted by Crippen LogP contribution is -2.40. The maximum absolute atomic E-state index is 14.8. The summed E-state index contributed by atoms with van der Waals surface area (Å²) in [7, 11) is 0. The number of piperidine rings is 1. The van der Waals surface area contributed by atoms with Crippen LogP contribution in [-0.4, -0.2) is 13.1 Å². The van der Waals surface area contributed by atoms with Crippen LogP contribution < -0.4 is 5.32 Å². The molecule has 1 nitrogen and oxygen atoms in total. The van der Waals surface area contributed by atoms with E-state index in [4.69, 9.17) is 11.6 Å². The van der Waals surface area contributed by atoms with Crippen molar-refractivity contribution >= 4 is 11.6 Å². The zero-order valence-electron chi connectivity index (χ0n) is 9.47. The van der Waals surface area contributed by atoms with Gasteiger partial charge in [0.05, 0.1) is 0 Å². The zero-order chi connectivity index (χ0) is 11.6. The molecule has 1 N–H and O–H groups in total. The van der Waals surface area contributed by atoms with Crippen molar-refractivity contribution in [3.05, 3.63) is 34.9 Å². The third-order valence-electron chi connectivity index (χ3n) is 3.46. The molecule has 1 aliphatic heterocycles. The number of rotatable bonds is 2. The van der Waals surface area contributed by atoms with Crippen molar-refractivity contribution in [3.63, 3.8) is 0 Å². The lowest BCUT2D eigenvalue weighted by atomic mass is 9.80. The van der Waals surface area contributed by atoms with Crippen LogP contribution in [0.1, 0.15) is 25.3 Å². The average molecular weight is 242 g/mol. The predicted molar refractivity (Wildman–Crippen MR) is 65.5 cm³/mol. The molecule has 1 aliphatic rings. The molecule has 0 bridgehead atoms. The summed E-state index contributed by atoms with van der Waals surface area (Å²) >= 11 is 6.07. The van der Waals surface area contributed by atoms with Crippen LogP contribution in [-0.2, 0) is 5.67 Å². The van der Waals surface area contributed by atoms with E-state index >= 15 is 0 Å². The normalized spacial score (nSPS) is 25.1. The fraction of sp³-hybridized carbons (Fsp3) is 0.538. The molecule has 2 rings (SSSR count). The van der Waals surface area contributed by atoms with E-state index in [2.05, 4.69) is 5.32 Å². The molecule has 1 fully saturated rings. The molecule has 0 spiro atoms. The van der Waals surface area contributed by atoms with Crippen molar-refractivity contribution in [2.24, 2.45) is 5.92 Å². The van der Waals surface area contributed by atoms with Gasteiger partial charge in [0.1, 0.15) is 5.67 Å². The van der Waals surface area contributed by atoms with E-state index in [1.807, 2.05) is 12.1 Å². The average Bonchev–Trinajstić information content (AvgIpc) is 2.30. The monoisotopic (exact) mass is 241 g/mol. The van der Waals surface area contributed by atoms with Crippen LogP contribution in [0.15, 0.2) is 24.3 Å². The Hall–Kier alpha value is -0.600. The Morgan fingerprint density at radius 2 is 2.19 bits per heavy atom. The van der Waals surface area contributed by atoms with Gasteiger partial charge in [-0.15, -0.1) is 0 Å². The number of benzene rings is 1.